The Bertz CT molecular complexity index is 5840. The van der Waals surface area contributed by atoms with E-state index in [9.17, 15) is 0 Å². The number of hydrogen-bond acceptors (Lipinski definition) is 10. The summed E-state index contributed by atoms with van der Waals surface area (Å²) in [6.07, 6.45) is 35.8. The standard InChI is InChI=1S/C112H122N8O4S4/c1-11-21-27-29-37-79-41-45-81(46-42-79)49-55-85-89-59-63-93(113-89)87(57-51-83-53-67-99(127-83)107-103-101(109(121)119(107)73-77(19-9)35-25-15-5)105(97-39-31-69-125-97)117(111(103)123)71-75(17-7)33-23-13-3)95-65-61-91(115-95)86(56-50-82-47-43-80(44-48-82)38-30-28-22-12-2)92-62-66-96(116-92)88(94-64-60-90(85)114-94)58-52-84-54-68-100(128-84)108-104-102(110(122)120(108)74-78(20-10)36-26-16-6)106(98-40-32-70-126-98)118(112(104)124)72-76(18-8)34-24-14-4/h31-32,39-48,53-54,59-70,75-78,113,116H,11-30,33-38,71-74H2,1-10H3. The molecule has 7 aromatic heterocycles. The number of nitrogens with zero attached hydrogens (tertiary/aromatic N) is 6. The smallest absolute Gasteiger partial charge is 0.261 e. The molecule has 6 aliphatic rings. The van der Waals surface area contributed by atoms with Gasteiger partial charge >= 0.3 is 0 Å². The molecule has 0 saturated carbocycles. The van der Waals surface area contributed by atoms with Gasteiger partial charge in [-0.05, 0) is 206 Å². The van der Waals surface area contributed by atoms with Gasteiger partial charge in [0.2, 0.25) is 0 Å². The van der Waals surface area contributed by atoms with Crippen molar-refractivity contribution in [1.29, 1.82) is 0 Å². The summed E-state index contributed by atoms with van der Waals surface area (Å²) >= 11 is 6.18. The van der Waals surface area contributed by atoms with E-state index in [2.05, 4.69) is 224 Å². The van der Waals surface area contributed by atoms with E-state index >= 15 is 19.2 Å². The van der Waals surface area contributed by atoms with Gasteiger partial charge in [0, 0.05) is 37.3 Å². The van der Waals surface area contributed by atoms with Gasteiger partial charge in [-0.2, -0.15) is 0 Å². The highest BCUT2D eigenvalue weighted by Gasteiger charge is 2.52. The normalized spacial score (nSPS) is 15.0. The number of carbonyl (C=O) groups excluding carboxylic acids is 4. The molecule has 0 radical (unpaired) electrons. The summed E-state index contributed by atoms with van der Waals surface area (Å²) < 4.78 is 0. The predicted molar refractivity (Wildman–Crippen MR) is 536 cm³/mol. The van der Waals surface area contributed by atoms with Gasteiger partial charge in [-0.15, -0.1) is 45.3 Å². The SMILES string of the molecule is CCCCCCc1ccc(C#Cc2c3nc(c(C#Cc4ccc(C5=C6C(=O)N(CC(CC)CCCC)C(c7cccs7)=C6C(=O)N5CC(CC)CCCC)s4)c4ccc([nH]4)c(C#Cc4ccc(CCCCCC)cc4)c4nc(c(C#Cc5ccc(C6=C7C(=O)N(CC(CC)CCCC)C(c8cccs8)=C7C(=O)N6CC(CC)CCCC)s5)c5ccc2[nH]5)C=C4)C=C3)cc1. The van der Waals surface area contributed by atoms with Gasteiger partial charge in [-0.3, -0.25) is 19.2 Å². The largest absolute Gasteiger partial charge is 0.353 e. The first kappa shape index (κ1) is 91.7. The maximum atomic E-state index is 15.6. The number of unbranched alkanes of at least 4 members (excludes halogenated alkanes) is 10. The third-order valence-corrected chi connectivity index (χ3v) is 29.8. The molecule has 9 aromatic rings. The van der Waals surface area contributed by atoms with Crippen molar-refractivity contribution in [2.24, 2.45) is 23.7 Å². The monoisotopic (exact) mass is 1770 g/mol. The Morgan fingerprint density at radius 2 is 0.609 bits per heavy atom. The summed E-state index contributed by atoms with van der Waals surface area (Å²) in [5.41, 5.74) is 17.2. The van der Waals surface area contributed by atoms with Crippen molar-refractivity contribution in [2.45, 2.75) is 236 Å². The Balaban J connectivity index is 0.902. The average Bonchev–Trinajstić information content (AvgIpc) is 1.56. The van der Waals surface area contributed by atoms with Crippen molar-refractivity contribution >= 4 is 138 Å². The molecular weight excluding hydrogens is 1650 g/mol. The fourth-order valence-corrected chi connectivity index (χ4v) is 21.8. The minimum atomic E-state index is -0.106. The maximum Gasteiger partial charge on any atom is 0.261 e. The van der Waals surface area contributed by atoms with Gasteiger partial charge in [0.05, 0.1) is 141 Å². The number of hydrogen-bond donors (Lipinski definition) is 2. The molecule has 2 aromatic carbocycles. The summed E-state index contributed by atoms with van der Waals surface area (Å²) in [6.45, 7) is 24.3. The van der Waals surface area contributed by atoms with Gasteiger partial charge in [-0.1, -0.05) is 269 Å². The van der Waals surface area contributed by atoms with Crippen LogP contribution in [0.4, 0.5) is 0 Å². The molecule has 2 N–H and O–H groups in total. The molecule has 0 saturated heterocycles. The number of aromatic nitrogens is 4. The summed E-state index contributed by atoms with van der Waals surface area (Å²) in [5, 5.41) is 4.08. The quantitative estimate of drug-likeness (QED) is 0.0292. The molecule has 0 fully saturated rings. The highest BCUT2D eigenvalue weighted by molar-refractivity contribution is 7.14. The minimum absolute atomic E-state index is 0.106. The Labute approximate surface area is 775 Å². The number of aromatic amines is 2. The van der Waals surface area contributed by atoms with Crippen LogP contribution in [0.2, 0.25) is 0 Å². The van der Waals surface area contributed by atoms with Gasteiger partial charge in [0.25, 0.3) is 23.6 Å². The lowest BCUT2D eigenvalue weighted by molar-refractivity contribution is -0.124. The molecule has 16 heteroatoms. The van der Waals surface area contributed by atoms with Gasteiger partial charge < -0.3 is 29.6 Å². The Morgan fingerprint density at radius 3 is 0.891 bits per heavy atom. The molecule has 13 heterocycles. The highest BCUT2D eigenvalue weighted by atomic mass is 32.1. The molecule has 15 rings (SSSR count). The van der Waals surface area contributed by atoms with Crippen LogP contribution in [0.25, 0.3) is 69.2 Å². The number of carbonyl (C=O) groups is 4. The zero-order valence-corrected chi connectivity index (χ0v) is 79.7. The van der Waals surface area contributed by atoms with E-state index in [0.717, 1.165) is 191 Å². The summed E-state index contributed by atoms with van der Waals surface area (Å²) in [4.78, 5) is 94.1. The van der Waals surface area contributed by atoms with Crippen LogP contribution in [0.15, 0.2) is 154 Å². The van der Waals surface area contributed by atoms with E-state index < -0.39 is 0 Å². The number of thiophene rings is 4. The molecule has 6 aliphatic heterocycles. The number of nitrogens with one attached hydrogen (secondary N) is 2. The number of amides is 4. The second-order valence-corrected chi connectivity index (χ2v) is 39.1. The highest BCUT2D eigenvalue weighted by Crippen LogP contribution is 2.52. The number of aryl methyl sites for hydroxylation is 2. The zero-order valence-electron chi connectivity index (χ0n) is 76.5. The van der Waals surface area contributed by atoms with Crippen molar-refractivity contribution < 1.29 is 19.2 Å². The van der Waals surface area contributed by atoms with E-state index in [1.54, 1.807) is 22.7 Å². The second kappa shape index (κ2) is 43.8. The van der Waals surface area contributed by atoms with E-state index in [1.165, 1.54) is 72.3 Å². The van der Waals surface area contributed by atoms with Crippen molar-refractivity contribution in [3.8, 4) is 47.4 Å². The van der Waals surface area contributed by atoms with Gasteiger partial charge in [-0.25, -0.2) is 9.97 Å². The molecule has 128 heavy (non-hydrogen) atoms. The number of benzene rings is 2. The van der Waals surface area contributed by atoms with Gasteiger partial charge in [0.15, 0.2) is 0 Å². The minimum Gasteiger partial charge on any atom is -0.353 e. The average molecular weight is 1770 g/mol. The second-order valence-electron chi connectivity index (χ2n) is 35.0. The van der Waals surface area contributed by atoms with Crippen molar-refractivity contribution in [3.05, 3.63) is 251 Å². The lowest BCUT2D eigenvalue weighted by Gasteiger charge is -2.29. The third-order valence-electron chi connectivity index (χ3n) is 26.1. The van der Waals surface area contributed by atoms with Crippen molar-refractivity contribution in [3.63, 3.8) is 0 Å². The first-order chi connectivity index (χ1) is 62.7. The fraction of sp³-hybridized carbons (Fsp3) is 0.393. The van der Waals surface area contributed by atoms with Crippen LogP contribution >= 0.6 is 45.3 Å². The first-order valence-electron chi connectivity index (χ1n) is 47.7. The van der Waals surface area contributed by atoms with Crippen LogP contribution in [0.3, 0.4) is 0 Å². The van der Waals surface area contributed by atoms with E-state index in [0.29, 0.717) is 116 Å². The van der Waals surface area contributed by atoms with Crippen LogP contribution in [0.5, 0.6) is 0 Å². The molecular formula is C112H122N8O4S4. The van der Waals surface area contributed by atoms with E-state index in [-0.39, 0.29) is 47.3 Å². The lowest BCUT2D eigenvalue weighted by Crippen LogP contribution is -2.34. The Hall–Kier alpha value is -11.1. The maximum absolute atomic E-state index is 15.6. The molecule has 4 amide bonds. The number of rotatable bonds is 38. The molecule has 4 atom stereocenters. The first-order valence-corrected chi connectivity index (χ1v) is 51.0. The Morgan fingerprint density at radius 1 is 0.312 bits per heavy atom. The van der Waals surface area contributed by atoms with Crippen LogP contribution < -0.4 is 0 Å². The number of fused-ring (bicyclic) bond motifs is 10. The predicted octanol–water partition coefficient (Wildman–Crippen LogP) is 27.2. The molecule has 0 spiro atoms. The molecule has 12 nitrogen and oxygen atoms in total. The third kappa shape index (κ3) is 20.6. The topological polar surface area (TPSA) is 139 Å². The molecule has 0 aliphatic carbocycles. The number of H-pyrrole nitrogens is 2. The fourth-order valence-electron chi connectivity index (χ4n) is 18.4. The van der Waals surface area contributed by atoms with Crippen molar-refractivity contribution in [2.75, 3.05) is 26.2 Å². The summed E-state index contributed by atoms with van der Waals surface area (Å²) in [5.74, 6) is 29.7. The Kier molecular flexibility index (Phi) is 31.4. The van der Waals surface area contributed by atoms with Gasteiger partial charge in [0.1, 0.15) is 0 Å². The van der Waals surface area contributed by atoms with E-state index in [4.69, 9.17) is 9.97 Å². The molecule has 658 valence electrons. The van der Waals surface area contributed by atoms with Crippen LogP contribution in [-0.2, 0) is 32.0 Å². The summed E-state index contributed by atoms with van der Waals surface area (Å²) in [6, 6.07) is 41.8. The van der Waals surface area contributed by atoms with E-state index in [1.807, 2.05) is 78.9 Å². The van der Waals surface area contributed by atoms with Crippen LogP contribution in [-0.4, -0.2) is 89.3 Å². The lowest BCUT2D eigenvalue weighted by atomic mass is 9.98. The summed E-state index contributed by atoms with van der Waals surface area (Å²) in [7, 11) is 0. The van der Waals surface area contributed by atoms with Crippen LogP contribution in [0.1, 0.15) is 320 Å². The molecule has 8 bridgehead atoms. The van der Waals surface area contributed by atoms with Crippen LogP contribution in [0, 0.1) is 71.0 Å². The van der Waals surface area contributed by atoms with Crippen molar-refractivity contribution in [1.82, 2.24) is 39.5 Å². The zero-order chi connectivity index (χ0) is 89.2. The molecule has 4 unspecified atom stereocenters.